The number of esters is 1. The third-order valence-corrected chi connectivity index (χ3v) is 3.40. The van der Waals surface area contributed by atoms with E-state index in [9.17, 15) is 9.59 Å². The zero-order valence-corrected chi connectivity index (χ0v) is 12.4. The lowest BCUT2D eigenvalue weighted by Crippen LogP contribution is -2.41. The maximum Gasteiger partial charge on any atom is 0.336 e. The molecule has 2 heterocycles. The summed E-state index contributed by atoms with van der Waals surface area (Å²) in [5, 5.41) is 2.27. The maximum absolute atomic E-state index is 11.6. The minimum Gasteiger partial charge on any atom is -0.446 e. The zero-order valence-electron chi connectivity index (χ0n) is 12.4. The second-order valence-electron chi connectivity index (χ2n) is 4.94. The number of carbonyl (C=O) groups excluding carboxylic acids is 1. The Morgan fingerprint density at radius 1 is 1.41 bits per heavy atom. The van der Waals surface area contributed by atoms with Crippen LogP contribution in [0.15, 0.2) is 27.4 Å². The number of nitrogens with zero attached hydrogens (tertiary/aromatic N) is 1. The Hall–Kier alpha value is -2.54. The van der Waals surface area contributed by atoms with E-state index in [4.69, 9.17) is 18.7 Å². The molecule has 22 heavy (non-hydrogen) atoms. The molecule has 1 atom stereocenters. The number of ether oxygens (including phenoxy) is 2. The highest BCUT2D eigenvalue weighted by molar-refractivity contribution is 5.91. The third-order valence-electron chi connectivity index (χ3n) is 3.40. The molecule has 0 bridgehead atoms. The van der Waals surface area contributed by atoms with Crippen LogP contribution < -0.4 is 15.4 Å². The van der Waals surface area contributed by atoms with Crippen molar-refractivity contribution in [3.8, 4) is 5.75 Å². The normalized spacial score (nSPS) is 17.0. The Morgan fingerprint density at radius 2 is 2.18 bits per heavy atom. The van der Waals surface area contributed by atoms with Crippen molar-refractivity contribution in [1.82, 2.24) is 0 Å². The van der Waals surface area contributed by atoms with Crippen molar-refractivity contribution in [2.45, 2.75) is 20.1 Å². The van der Waals surface area contributed by atoms with E-state index < -0.39 is 17.9 Å². The minimum absolute atomic E-state index is 0.213. The van der Waals surface area contributed by atoms with Crippen LogP contribution in [0.25, 0.3) is 11.0 Å². The number of aryl methyl sites for hydroxylation is 1. The second kappa shape index (κ2) is 5.34. The van der Waals surface area contributed by atoms with E-state index in [0.717, 1.165) is 10.9 Å². The van der Waals surface area contributed by atoms with Crippen LogP contribution >= 0.6 is 0 Å². The molecule has 7 nitrogen and oxygen atoms in total. The molecule has 1 aromatic heterocycles. The van der Waals surface area contributed by atoms with Crippen molar-refractivity contribution in [3.05, 3.63) is 34.2 Å². The molecule has 0 saturated heterocycles. The molecule has 0 aliphatic carbocycles. The van der Waals surface area contributed by atoms with Gasteiger partial charge < -0.3 is 13.9 Å². The molecule has 0 radical (unpaired) electrons. The van der Waals surface area contributed by atoms with E-state index >= 15 is 0 Å². The summed E-state index contributed by atoms with van der Waals surface area (Å²) < 4.78 is 16.1. The lowest BCUT2D eigenvalue weighted by atomic mass is 10.1. The molecule has 1 aliphatic rings. The van der Waals surface area contributed by atoms with Crippen molar-refractivity contribution in [2.24, 2.45) is 0 Å². The Labute approximate surface area is 125 Å². The first-order chi connectivity index (χ1) is 10.5. The molecule has 0 amide bonds. The van der Waals surface area contributed by atoms with Crippen molar-refractivity contribution < 1.29 is 23.5 Å². The highest BCUT2D eigenvalue weighted by Gasteiger charge is 2.31. The topological polar surface area (TPSA) is 78.2 Å². The predicted octanol–water partition coefficient (Wildman–Crippen LogP) is 1.75. The smallest absolute Gasteiger partial charge is 0.336 e. The number of hydrogen-bond acceptors (Lipinski definition) is 7. The maximum atomic E-state index is 11.6. The monoisotopic (exact) mass is 305 g/mol. The van der Waals surface area contributed by atoms with Crippen molar-refractivity contribution in [1.29, 1.82) is 0 Å². The van der Waals surface area contributed by atoms with Gasteiger partial charge in [0.2, 0.25) is 0 Å². The molecule has 1 aromatic carbocycles. The quantitative estimate of drug-likeness (QED) is 0.618. The van der Waals surface area contributed by atoms with Gasteiger partial charge in [0, 0.05) is 18.4 Å². The molecule has 3 rings (SSSR count). The van der Waals surface area contributed by atoms with Gasteiger partial charge in [0.25, 0.3) is 6.29 Å². The van der Waals surface area contributed by atoms with Gasteiger partial charge in [-0.3, -0.25) is 9.63 Å². The molecule has 116 valence electrons. The molecule has 2 aromatic rings. The summed E-state index contributed by atoms with van der Waals surface area (Å²) in [6.07, 6.45) is -0.846. The zero-order chi connectivity index (χ0) is 15.9. The SMILES string of the molecule is CON1CC(OC(C)=O)Oc2c1ccc1c(C)cc(=O)oc21. The van der Waals surface area contributed by atoms with E-state index in [1.807, 2.05) is 13.0 Å². The van der Waals surface area contributed by atoms with Crippen molar-refractivity contribution in [3.63, 3.8) is 0 Å². The molecule has 7 heteroatoms. The number of fused-ring (bicyclic) bond motifs is 3. The van der Waals surface area contributed by atoms with Gasteiger partial charge in [-0.05, 0) is 24.6 Å². The Morgan fingerprint density at radius 3 is 2.86 bits per heavy atom. The van der Waals surface area contributed by atoms with Gasteiger partial charge in [0.1, 0.15) is 12.2 Å². The molecule has 0 N–H and O–H groups in total. The standard InChI is InChI=1S/C15H15NO6/c1-8-6-12(18)21-14-10(8)4-5-11-15(14)22-13(20-9(2)17)7-16(11)19-3/h4-6,13H,7H2,1-3H3. The van der Waals surface area contributed by atoms with Gasteiger partial charge in [-0.2, -0.15) is 0 Å². The fourth-order valence-corrected chi connectivity index (χ4v) is 2.48. The summed E-state index contributed by atoms with van der Waals surface area (Å²) in [5.41, 5.74) is 1.21. The average molecular weight is 305 g/mol. The first-order valence-corrected chi connectivity index (χ1v) is 6.72. The lowest BCUT2D eigenvalue weighted by Gasteiger charge is -2.33. The van der Waals surface area contributed by atoms with Crippen LogP contribution in [0.5, 0.6) is 5.75 Å². The van der Waals surface area contributed by atoms with Crippen LogP contribution in [0.1, 0.15) is 12.5 Å². The van der Waals surface area contributed by atoms with E-state index in [1.54, 1.807) is 6.07 Å². The molecule has 1 unspecified atom stereocenters. The van der Waals surface area contributed by atoms with Gasteiger partial charge in [0.15, 0.2) is 11.3 Å². The summed E-state index contributed by atoms with van der Waals surface area (Å²) in [7, 11) is 1.50. The van der Waals surface area contributed by atoms with E-state index in [2.05, 4.69) is 0 Å². The molecular weight excluding hydrogens is 290 g/mol. The molecule has 0 saturated carbocycles. The summed E-state index contributed by atoms with van der Waals surface area (Å²) in [4.78, 5) is 28.1. The van der Waals surface area contributed by atoms with Gasteiger partial charge in [0.05, 0.1) is 7.11 Å². The molecule has 0 spiro atoms. The van der Waals surface area contributed by atoms with Gasteiger partial charge in [-0.1, -0.05) is 0 Å². The Bertz CT molecular complexity index is 796. The Balaban J connectivity index is 2.18. The molecule has 0 fully saturated rings. The van der Waals surface area contributed by atoms with Gasteiger partial charge in [-0.15, -0.1) is 0 Å². The van der Waals surface area contributed by atoms with Crippen LogP contribution in [0.4, 0.5) is 5.69 Å². The number of hydroxylamine groups is 1. The number of anilines is 1. The first-order valence-electron chi connectivity index (χ1n) is 6.72. The first kappa shape index (κ1) is 14.4. The van der Waals surface area contributed by atoms with E-state index in [0.29, 0.717) is 17.0 Å². The highest BCUT2D eigenvalue weighted by Crippen LogP contribution is 2.40. The molecular formula is C15H15NO6. The lowest BCUT2D eigenvalue weighted by molar-refractivity contribution is -0.162. The largest absolute Gasteiger partial charge is 0.446 e. The molecule has 1 aliphatic heterocycles. The van der Waals surface area contributed by atoms with Crippen LogP contribution in [0, 0.1) is 6.92 Å². The minimum atomic E-state index is -0.846. The number of hydrogen-bond donors (Lipinski definition) is 0. The fraction of sp³-hybridized carbons (Fsp3) is 0.333. The van der Waals surface area contributed by atoms with Crippen LogP contribution in [-0.4, -0.2) is 25.9 Å². The highest BCUT2D eigenvalue weighted by atomic mass is 16.7. The van der Waals surface area contributed by atoms with E-state index in [1.165, 1.54) is 25.2 Å². The van der Waals surface area contributed by atoms with Gasteiger partial charge >= 0.3 is 11.6 Å². The van der Waals surface area contributed by atoms with Crippen molar-refractivity contribution in [2.75, 3.05) is 18.7 Å². The van der Waals surface area contributed by atoms with Crippen LogP contribution in [0.3, 0.4) is 0 Å². The average Bonchev–Trinajstić information content (AvgIpc) is 2.45. The number of carbonyl (C=O) groups is 1. The summed E-state index contributed by atoms with van der Waals surface area (Å²) in [5.74, 6) is -0.153. The van der Waals surface area contributed by atoms with Crippen LogP contribution in [-0.2, 0) is 14.4 Å². The fourth-order valence-electron chi connectivity index (χ4n) is 2.48. The van der Waals surface area contributed by atoms with Gasteiger partial charge in [-0.25, -0.2) is 9.86 Å². The number of benzene rings is 1. The van der Waals surface area contributed by atoms with E-state index in [-0.39, 0.29) is 6.54 Å². The third kappa shape index (κ3) is 2.39. The van der Waals surface area contributed by atoms with Crippen LogP contribution in [0.2, 0.25) is 0 Å². The predicted molar refractivity (Wildman–Crippen MR) is 77.8 cm³/mol. The van der Waals surface area contributed by atoms with Crippen molar-refractivity contribution >= 4 is 22.6 Å². The summed E-state index contributed by atoms with van der Waals surface area (Å²) in [6, 6.07) is 5.04. The second-order valence-corrected chi connectivity index (χ2v) is 4.94. The summed E-state index contributed by atoms with van der Waals surface area (Å²) in [6.45, 7) is 3.32. The summed E-state index contributed by atoms with van der Waals surface area (Å²) >= 11 is 0. The Kier molecular flexibility index (Phi) is 3.50. The number of rotatable bonds is 2.